The SMILES string of the molecule is CC(C)Oc1cccc(C(=O)Cc2ccoc2)c1. The van der Waals surface area contributed by atoms with Crippen LogP contribution in [0.3, 0.4) is 0 Å². The Hall–Kier alpha value is -2.03. The van der Waals surface area contributed by atoms with Crippen LogP contribution in [0, 0.1) is 0 Å². The lowest BCUT2D eigenvalue weighted by atomic mass is 10.1. The van der Waals surface area contributed by atoms with E-state index in [9.17, 15) is 4.79 Å². The molecule has 0 fully saturated rings. The molecule has 3 heteroatoms. The first kappa shape index (κ1) is 12.4. The molecule has 0 aliphatic heterocycles. The molecule has 0 saturated carbocycles. The molecule has 0 unspecified atom stereocenters. The molecule has 0 spiro atoms. The maximum atomic E-state index is 12.1. The summed E-state index contributed by atoms with van der Waals surface area (Å²) >= 11 is 0. The summed E-state index contributed by atoms with van der Waals surface area (Å²) in [5.41, 5.74) is 1.55. The van der Waals surface area contributed by atoms with Gasteiger partial charge >= 0.3 is 0 Å². The van der Waals surface area contributed by atoms with E-state index in [1.165, 1.54) is 0 Å². The molecule has 2 rings (SSSR count). The number of Topliss-reactive ketones (excluding diaryl/α,β-unsaturated/α-hetero) is 1. The third kappa shape index (κ3) is 3.23. The number of furan rings is 1. The number of hydrogen-bond donors (Lipinski definition) is 0. The van der Waals surface area contributed by atoms with Gasteiger partial charge in [0.2, 0.25) is 0 Å². The first-order chi connectivity index (χ1) is 8.65. The van der Waals surface area contributed by atoms with E-state index in [4.69, 9.17) is 9.15 Å². The van der Waals surface area contributed by atoms with Crippen molar-refractivity contribution in [2.24, 2.45) is 0 Å². The van der Waals surface area contributed by atoms with Crippen molar-refractivity contribution in [1.82, 2.24) is 0 Å². The van der Waals surface area contributed by atoms with E-state index in [1.54, 1.807) is 30.7 Å². The Labute approximate surface area is 106 Å². The number of benzene rings is 1. The summed E-state index contributed by atoms with van der Waals surface area (Å²) in [6.07, 6.45) is 3.61. The highest BCUT2D eigenvalue weighted by Gasteiger charge is 2.09. The minimum atomic E-state index is 0.0607. The van der Waals surface area contributed by atoms with E-state index in [0.29, 0.717) is 12.0 Å². The summed E-state index contributed by atoms with van der Waals surface area (Å²) < 4.78 is 10.5. The van der Waals surface area contributed by atoms with Crippen LogP contribution >= 0.6 is 0 Å². The molecule has 1 aromatic carbocycles. The number of rotatable bonds is 5. The average molecular weight is 244 g/mol. The zero-order valence-corrected chi connectivity index (χ0v) is 10.6. The molecule has 3 nitrogen and oxygen atoms in total. The minimum Gasteiger partial charge on any atom is -0.491 e. The van der Waals surface area contributed by atoms with Crippen LogP contribution in [0.5, 0.6) is 5.75 Å². The van der Waals surface area contributed by atoms with E-state index in [0.717, 1.165) is 11.3 Å². The largest absolute Gasteiger partial charge is 0.491 e. The van der Waals surface area contributed by atoms with Crippen molar-refractivity contribution in [3.63, 3.8) is 0 Å². The van der Waals surface area contributed by atoms with Crippen LogP contribution in [0.4, 0.5) is 0 Å². The number of ether oxygens (including phenoxy) is 1. The van der Waals surface area contributed by atoms with E-state index in [1.807, 2.05) is 26.0 Å². The van der Waals surface area contributed by atoms with Crippen molar-refractivity contribution >= 4 is 5.78 Å². The van der Waals surface area contributed by atoms with Crippen LogP contribution in [0.2, 0.25) is 0 Å². The lowest BCUT2D eigenvalue weighted by Gasteiger charge is -2.10. The summed E-state index contributed by atoms with van der Waals surface area (Å²) in [4.78, 5) is 12.1. The first-order valence-electron chi connectivity index (χ1n) is 5.96. The second-order valence-corrected chi connectivity index (χ2v) is 4.43. The van der Waals surface area contributed by atoms with Gasteiger partial charge in [0.15, 0.2) is 5.78 Å². The summed E-state index contributed by atoms with van der Waals surface area (Å²) in [7, 11) is 0. The van der Waals surface area contributed by atoms with Crippen molar-refractivity contribution < 1.29 is 13.9 Å². The lowest BCUT2D eigenvalue weighted by molar-refractivity contribution is 0.0992. The molecular formula is C15H16O3. The normalized spacial score (nSPS) is 10.6. The predicted molar refractivity (Wildman–Crippen MR) is 68.9 cm³/mol. The molecule has 18 heavy (non-hydrogen) atoms. The molecule has 1 aromatic heterocycles. The van der Waals surface area contributed by atoms with Gasteiger partial charge in [0.05, 0.1) is 18.6 Å². The molecule has 0 N–H and O–H groups in total. The summed E-state index contributed by atoms with van der Waals surface area (Å²) in [5.74, 6) is 0.786. The second kappa shape index (κ2) is 5.54. The maximum absolute atomic E-state index is 12.1. The van der Waals surface area contributed by atoms with Crippen molar-refractivity contribution in [1.29, 1.82) is 0 Å². The van der Waals surface area contributed by atoms with Crippen molar-refractivity contribution in [3.05, 3.63) is 54.0 Å². The monoisotopic (exact) mass is 244 g/mol. The van der Waals surface area contributed by atoms with E-state index >= 15 is 0 Å². The van der Waals surface area contributed by atoms with Gasteiger partial charge in [0, 0.05) is 12.0 Å². The Kier molecular flexibility index (Phi) is 3.82. The fraction of sp³-hybridized carbons (Fsp3) is 0.267. The Bertz CT molecular complexity index is 512. The molecule has 0 atom stereocenters. The van der Waals surface area contributed by atoms with Gasteiger partial charge in [-0.25, -0.2) is 0 Å². The smallest absolute Gasteiger partial charge is 0.167 e. The Morgan fingerprint density at radius 2 is 2.17 bits per heavy atom. The topological polar surface area (TPSA) is 39.4 Å². The van der Waals surface area contributed by atoms with Crippen molar-refractivity contribution in [2.45, 2.75) is 26.4 Å². The van der Waals surface area contributed by atoms with Gasteiger partial charge in [-0.05, 0) is 37.6 Å². The quantitative estimate of drug-likeness (QED) is 0.756. The molecule has 0 bridgehead atoms. The highest BCUT2D eigenvalue weighted by atomic mass is 16.5. The fourth-order valence-corrected chi connectivity index (χ4v) is 1.70. The van der Waals surface area contributed by atoms with Crippen LogP contribution in [-0.2, 0) is 6.42 Å². The van der Waals surface area contributed by atoms with Gasteiger partial charge in [0.1, 0.15) is 5.75 Å². The zero-order valence-electron chi connectivity index (χ0n) is 10.6. The number of ketones is 1. The van der Waals surface area contributed by atoms with E-state index < -0.39 is 0 Å². The Balaban J connectivity index is 2.10. The fourth-order valence-electron chi connectivity index (χ4n) is 1.70. The Morgan fingerprint density at radius 3 is 2.83 bits per heavy atom. The molecule has 0 radical (unpaired) electrons. The third-order valence-corrected chi connectivity index (χ3v) is 2.47. The average Bonchev–Trinajstić information content (AvgIpc) is 2.81. The molecular weight excluding hydrogens is 228 g/mol. The zero-order chi connectivity index (χ0) is 13.0. The highest BCUT2D eigenvalue weighted by molar-refractivity contribution is 5.97. The van der Waals surface area contributed by atoms with Crippen LogP contribution in [0.1, 0.15) is 29.8 Å². The van der Waals surface area contributed by atoms with Gasteiger partial charge in [-0.3, -0.25) is 4.79 Å². The number of carbonyl (C=O) groups is 1. The summed E-state index contributed by atoms with van der Waals surface area (Å²) in [6.45, 7) is 3.92. The third-order valence-electron chi connectivity index (χ3n) is 2.47. The minimum absolute atomic E-state index is 0.0607. The molecule has 0 amide bonds. The Morgan fingerprint density at radius 1 is 1.33 bits per heavy atom. The van der Waals surface area contributed by atoms with Gasteiger partial charge in [-0.2, -0.15) is 0 Å². The highest BCUT2D eigenvalue weighted by Crippen LogP contribution is 2.16. The van der Waals surface area contributed by atoms with Crippen molar-refractivity contribution in [2.75, 3.05) is 0 Å². The van der Waals surface area contributed by atoms with Crippen LogP contribution < -0.4 is 4.74 Å². The van der Waals surface area contributed by atoms with Gasteiger partial charge in [-0.1, -0.05) is 12.1 Å². The van der Waals surface area contributed by atoms with Gasteiger partial charge < -0.3 is 9.15 Å². The molecule has 0 aliphatic carbocycles. The van der Waals surface area contributed by atoms with E-state index in [-0.39, 0.29) is 11.9 Å². The van der Waals surface area contributed by atoms with Gasteiger partial charge in [-0.15, -0.1) is 0 Å². The number of carbonyl (C=O) groups excluding carboxylic acids is 1. The summed E-state index contributed by atoms with van der Waals surface area (Å²) in [5, 5.41) is 0. The second-order valence-electron chi connectivity index (χ2n) is 4.43. The lowest BCUT2D eigenvalue weighted by Crippen LogP contribution is -2.07. The van der Waals surface area contributed by atoms with Crippen LogP contribution in [0.15, 0.2) is 47.3 Å². The predicted octanol–water partition coefficient (Wildman–Crippen LogP) is 3.49. The molecule has 0 saturated heterocycles. The maximum Gasteiger partial charge on any atom is 0.167 e. The number of hydrogen-bond acceptors (Lipinski definition) is 3. The van der Waals surface area contributed by atoms with Crippen LogP contribution in [0.25, 0.3) is 0 Å². The van der Waals surface area contributed by atoms with Crippen LogP contribution in [-0.4, -0.2) is 11.9 Å². The standard InChI is InChI=1S/C15H16O3/c1-11(2)18-14-5-3-4-13(9-14)15(16)8-12-6-7-17-10-12/h3-7,9-11H,8H2,1-2H3. The summed E-state index contributed by atoms with van der Waals surface area (Å²) in [6, 6.07) is 9.07. The molecule has 0 aliphatic rings. The van der Waals surface area contributed by atoms with Crippen molar-refractivity contribution in [3.8, 4) is 5.75 Å². The molecule has 1 heterocycles. The first-order valence-corrected chi connectivity index (χ1v) is 5.96. The molecule has 2 aromatic rings. The van der Waals surface area contributed by atoms with E-state index in [2.05, 4.69) is 0 Å². The molecule has 94 valence electrons. The van der Waals surface area contributed by atoms with Gasteiger partial charge in [0.25, 0.3) is 0 Å².